The molecule has 1 amide bonds. The van der Waals surface area contributed by atoms with Crippen LogP contribution in [0.3, 0.4) is 0 Å². The summed E-state index contributed by atoms with van der Waals surface area (Å²) in [5.41, 5.74) is 1.82. The van der Waals surface area contributed by atoms with Gasteiger partial charge in [0.2, 0.25) is 0 Å². The molecule has 176 valence electrons. The number of benzene rings is 2. The van der Waals surface area contributed by atoms with Crippen molar-refractivity contribution in [1.82, 2.24) is 9.88 Å². The fourth-order valence-corrected chi connectivity index (χ4v) is 6.16. The van der Waals surface area contributed by atoms with Crippen LogP contribution in [0.25, 0.3) is 10.9 Å². The van der Waals surface area contributed by atoms with Crippen LogP contribution in [0.15, 0.2) is 42.5 Å². The number of carbonyl (C=O) groups is 2. The summed E-state index contributed by atoms with van der Waals surface area (Å²) in [6, 6.07) is 12.1. The van der Waals surface area contributed by atoms with Crippen molar-refractivity contribution >= 4 is 56.6 Å². The zero-order chi connectivity index (χ0) is 23.8. The van der Waals surface area contributed by atoms with Crippen LogP contribution in [0, 0.1) is 0 Å². The maximum absolute atomic E-state index is 13.4. The van der Waals surface area contributed by atoms with Crippen LogP contribution in [0.1, 0.15) is 39.8 Å². The van der Waals surface area contributed by atoms with Gasteiger partial charge in [-0.25, -0.2) is 4.79 Å². The van der Waals surface area contributed by atoms with E-state index >= 15 is 0 Å². The molecule has 1 aromatic heterocycles. The molecule has 3 aromatic rings. The Morgan fingerprint density at radius 3 is 2.61 bits per heavy atom. The smallest absolute Gasteiger partial charge is 0.355 e. The number of para-hydroxylation sites is 1. The van der Waals surface area contributed by atoms with E-state index in [9.17, 15) is 18.7 Å². The number of halogens is 2. The summed E-state index contributed by atoms with van der Waals surface area (Å²) in [5, 5.41) is 4.29. The summed E-state index contributed by atoms with van der Waals surface area (Å²) in [5.74, 6) is -0.712. The van der Waals surface area contributed by atoms with E-state index in [-0.39, 0.29) is 42.0 Å². The highest BCUT2D eigenvalue weighted by Gasteiger charge is 2.33. The van der Waals surface area contributed by atoms with Crippen molar-refractivity contribution < 1.29 is 23.4 Å². The second-order valence-electron chi connectivity index (χ2n) is 7.93. The molecule has 0 spiro atoms. The highest BCUT2D eigenvalue weighted by molar-refractivity contribution is 8.24. The maximum atomic E-state index is 13.4. The lowest BCUT2D eigenvalue weighted by atomic mass is 10.1. The van der Waals surface area contributed by atoms with Crippen LogP contribution in [0.5, 0.6) is 0 Å². The minimum atomic E-state index is -2.68. The van der Waals surface area contributed by atoms with Gasteiger partial charge in [-0.05, 0) is 37.1 Å². The standard InChI is InChI=1S/C23H24Cl2N2O5S/c1-2-32-23(29)21-20(22(28)26-15-9-10-33(30,31)13-15)16-5-3-4-6-19(16)27(21)12-14-7-8-17(24)18(25)11-14/h3-8,11,15,30-31H,2,9-10,12-13H2,1H3,(H,26,28). The monoisotopic (exact) mass is 510 g/mol. The Morgan fingerprint density at radius 2 is 1.94 bits per heavy atom. The number of hydrogen-bond acceptors (Lipinski definition) is 5. The summed E-state index contributed by atoms with van der Waals surface area (Å²) in [6.45, 7) is 2.12. The normalized spacial score (nSPS) is 18.3. The molecule has 4 rings (SSSR count). The number of rotatable bonds is 6. The summed E-state index contributed by atoms with van der Waals surface area (Å²) in [4.78, 5) is 26.5. The van der Waals surface area contributed by atoms with Crippen LogP contribution in [-0.2, 0) is 11.3 Å². The van der Waals surface area contributed by atoms with Gasteiger partial charge in [0.15, 0.2) is 0 Å². The molecule has 2 heterocycles. The highest BCUT2D eigenvalue weighted by Crippen LogP contribution is 2.45. The summed E-state index contributed by atoms with van der Waals surface area (Å²) >= 11 is 12.2. The van der Waals surface area contributed by atoms with Crippen molar-refractivity contribution in [3.63, 3.8) is 0 Å². The molecular formula is C23H24Cl2N2O5S. The molecule has 1 fully saturated rings. The largest absolute Gasteiger partial charge is 0.461 e. The van der Waals surface area contributed by atoms with Gasteiger partial charge in [-0.2, -0.15) is 10.6 Å². The number of ether oxygens (including phenoxy) is 1. The fraction of sp³-hybridized carbons (Fsp3) is 0.304. The van der Waals surface area contributed by atoms with Crippen molar-refractivity contribution in [3.8, 4) is 0 Å². The predicted octanol–water partition coefficient (Wildman–Crippen LogP) is 5.43. The van der Waals surface area contributed by atoms with Crippen LogP contribution in [0.4, 0.5) is 0 Å². The van der Waals surface area contributed by atoms with Gasteiger partial charge >= 0.3 is 5.97 Å². The van der Waals surface area contributed by atoms with E-state index in [4.69, 9.17) is 27.9 Å². The Hall–Kier alpha value is -2.23. The van der Waals surface area contributed by atoms with Crippen molar-refractivity contribution in [1.29, 1.82) is 0 Å². The lowest BCUT2D eigenvalue weighted by molar-refractivity contribution is 0.0511. The van der Waals surface area contributed by atoms with E-state index in [1.165, 1.54) is 0 Å². The zero-order valence-corrected chi connectivity index (χ0v) is 20.2. The summed E-state index contributed by atoms with van der Waals surface area (Å²) in [6.07, 6.45) is 0.463. The van der Waals surface area contributed by atoms with Gasteiger partial charge < -0.3 is 14.6 Å². The minimum Gasteiger partial charge on any atom is -0.461 e. The van der Waals surface area contributed by atoms with Gasteiger partial charge in [0.05, 0.1) is 28.0 Å². The van der Waals surface area contributed by atoms with Gasteiger partial charge in [-0.3, -0.25) is 13.9 Å². The Morgan fingerprint density at radius 1 is 1.18 bits per heavy atom. The van der Waals surface area contributed by atoms with Crippen LogP contribution < -0.4 is 5.32 Å². The Kier molecular flexibility index (Phi) is 6.93. The fourth-order valence-electron chi connectivity index (χ4n) is 4.12. The van der Waals surface area contributed by atoms with Gasteiger partial charge in [-0.15, -0.1) is 0 Å². The molecule has 2 aromatic carbocycles. The third-order valence-electron chi connectivity index (χ3n) is 5.59. The number of esters is 1. The molecule has 1 aliphatic rings. The maximum Gasteiger partial charge on any atom is 0.355 e. The van der Waals surface area contributed by atoms with E-state index < -0.39 is 22.5 Å². The highest BCUT2D eigenvalue weighted by atomic mass is 35.5. The third-order valence-corrected chi connectivity index (χ3v) is 8.15. The van der Waals surface area contributed by atoms with Gasteiger partial charge in [0.1, 0.15) is 5.69 Å². The number of nitrogens with zero attached hydrogens (tertiary/aromatic N) is 1. The Bertz CT molecular complexity index is 1230. The predicted molar refractivity (Wildman–Crippen MR) is 132 cm³/mol. The number of fused-ring (bicyclic) bond motifs is 1. The summed E-state index contributed by atoms with van der Waals surface area (Å²) < 4.78 is 26.9. The molecule has 33 heavy (non-hydrogen) atoms. The molecule has 1 saturated heterocycles. The average Bonchev–Trinajstić information content (AvgIpc) is 3.27. The lowest BCUT2D eigenvalue weighted by Gasteiger charge is -2.26. The molecule has 0 aliphatic carbocycles. The number of aromatic nitrogens is 1. The molecule has 10 heteroatoms. The topological polar surface area (TPSA) is 101 Å². The first-order valence-corrected chi connectivity index (χ1v) is 13.1. The molecular weight excluding hydrogens is 487 g/mol. The first kappa shape index (κ1) is 23.9. The Balaban J connectivity index is 1.81. The number of nitrogens with one attached hydrogen (secondary N) is 1. The molecule has 1 atom stereocenters. The van der Waals surface area contributed by atoms with Gasteiger partial charge in [-0.1, -0.05) is 47.5 Å². The molecule has 0 saturated carbocycles. The molecule has 7 nitrogen and oxygen atoms in total. The van der Waals surface area contributed by atoms with Gasteiger partial charge in [0, 0.05) is 29.2 Å². The quantitative estimate of drug-likeness (QED) is 0.384. The molecule has 3 N–H and O–H groups in total. The van der Waals surface area contributed by atoms with Crippen molar-refractivity contribution in [2.45, 2.75) is 25.9 Å². The second-order valence-corrected chi connectivity index (χ2v) is 11.1. The summed E-state index contributed by atoms with van der Waals surface area (Å²) in [7, 11) is -2.68. The van der Waals surface area contributed by atoms with Crippen molar-refractivity contribution in [2.75, 3.05) is 18.1 Å². The van der Waals surface area contributed by atoms with E-state index in [2.05, 4.69) is 5.32 Å². The SMILES string of the molecule is CCOC(=O)c1c(C(=O)NC2CCS(O)(O)C2)c2ccccc2n1Cc1ccc(Cl)c(Cl)c1. The average molecular weight is 511 g/mol. The van der Waals surface area contributed by atoms with E-state index in [0.29, 0.717) is 27.4 Å². The number of hydrogen-bond donors (Lipinski definition) is 3. The third kappa shape index (κ3) is 5.00. The Labute approximate surface area is 203 Å². The first-order chi connectivity index (χ1) is 15.7. The van der Waals surface area contributed by atoms with Crippen molar-refractivity contribution in [3.05, 3.63) is 69.3 Å². The van der Waals surface area contributed by atoms with Gasteiger partial charge in [0.25, 0.3) is 5.91 Å². The van der Waals surface area contributed by atoms with E-state index in [1.807, 2.05) is 12.1 Å². The van der Waals surface area contributed by atoms with Crippen LogP contribution in [-0.4, -0.2) is 49.7 Å². The number of amides is 1. The first-order valence-electron chi connectivity index (χ1n) is 10.5. The van der Waals surface area contributed by atoms with Crippen LogP contribution >= 0.6 is 33.8 Å². The van der Waals surface area contributed by atoms with E-state index in [1.54, 1.807) is 41.8 Å². The molecule has 1 aliphatic heterocycles. The molecule has 0 bridgehead atoms. The lowest BCUT2D eigenvalue weighted by Crippen LogP contribution is -2.36. The number of carbonyl (C=O) groups excluding carboxylic acids is 2. The van der Waals surface area contributed by atoms with Crippen LogP contribution in [0.2, 0.25) is 10.0 Å². The van der Waals surface area contributed by atoms with E-state index in [0.717, 1.165) is 5.56 Å². The van der Waals surface area contributed by atoms with Crippen molar-refractivity contribution in [2.24, 2.45) is 0 Å². The molecule has 0 radical (unpaired) electrons. The zero-order valence-electron chi connectivity index (χ0n) is 17.9. The molecule has 1 unspecified atom stereocenters. The second kappa shape index (κ2) is 9.56. The minimum absolute atomic E-state index is 0.107.